The molecule has 0 aromatic carbocycles. The standard InChI is InChI=1S/C6H7NO2/c8-4-3-6(4)2-1-5(9)7-6/h1-2,4,8H,3H2,(H,7,9). The SMILES string of the molecule is O=C1C=CC2(CC2O)N1. The van der Waals surface area contributed by atoms with E-state index in [9.17, 15) is 4.79 Å². The minimum Gasteiger partial charge on any atom is -0.390 e. The number of rotatable bonds is 0. The molecule has 3 heteroatoms. The quantitative estimate of drug-likeness (QED) is 0.444. The van der Waals surface area contributed by atoms with Crippen molar-refractivity contribution in [2.24, 2.45) is 0 Å². The minimum absolute atomic E-state index is 0.0912. The molecule has 2 aliphatic rings. The minimum atomic E-state index is -0.350. The summed E-state index contributed by atoms with van der Waals surface area (Å²) < 4.78 is 0. The van der Waals surface area contributed by atoms with E-state index in [-0.39, 0.29) is 17.6 Å². The Hall–Kier alpha value is -0.830. The zero-order chi connectivity index (χ0) is 6.48. The molecule has 1 saturated carbocycles. The molecule has 3 nitrogen and oxygen atoms in total. The second-order valence-corrected chi connectivity index (χ2v) is 2.58. The van der Waals surface area contributed by atoms with Gasteiger partial charge in [0.2, 0.25) is 5.91 Å². The Kier molecular flexibility index (Phi) is 0.658. The second-order valence-electron chi connectivity index (χ2n) is 2.58. The van der Waals surface area contributed by atoms with Gasteiger partial charge in [0.1, 0.15) is 0 Å². The first-order valence-corrected chi connectivity index (χ1v) is 2.92. The van der Waals surface area contributed by atoms with Crippen molar-refractivity contribution in [3.05, 3.63) is 12.2 Å². The molecule has 1 amide bonds. The molecule has 0 saturated heterocycles. The van der Waals surface area contributed by atoms with Crippen molar-refractivity contribution in [2.75, 3.05) is 0 Å². The van der Waals surface area contributed by atoms with E-state index in [4.69, 9.17) is 5.11 Å². The second kappa shape index (κ2) is 1.19. The molecule has 2 atom stereocenters. The van der Waals surface area contributed by atoms with Crippen LogP contribution < -0.4 is 5.32 Å². The molecule has 2 N–H and O–H groups in total. The Labute approximate surface area is 52.4 Å². The summed E-state index contributed by atoms with van der Waals surface area (Å²) in [6, 6.07) is 0. The molecule has 9 heavy (non-hydrogen) atoms. The molecule has 48 valence electrons. The molecule has 0 aromatic heterocycles. The first-order chi connectivity index (χ1) is 4.23. The van der Waals surface area contributed by atoms with Gasteiger partial charge in [-0.05, 0) is 0 Å². The summed E-state index contributed by atoms with van der Waals surface area (Å²) in [6.07, 6.45) is 3.53. The Morgan fingerprint density at radius 2 is 2.56 bits per heavy atom. The van der Waals surface area contributed by atoms with Crippen molar-refractivity contribution < 1.29 is 9.90 Å². The first kappa shape index (κ1) is 4.99. The monoisotopic (exact) mass is 125 g/mol. The summed E-state index contributed by atoms with van der Waals surface area (Å²) >= 11 is 0. The summed E-state index contributed by atoms with van der Waals surface area (Å²) in [5.74, 6) is -0.0912. The van der Waals surface area contributed by atoms with E-state index in [1.807, 2.05) is 0 Å². The van der Waals surface area contributed by atoms with E-state index >= 15 is 0 Å². The van der Waals surface area contributed by atoms with Crippen LogP contribution in [0.15, 0.2) is 12.2 Å². The largest absolute Gasteiger partial charge is 0.390 e. The van der Waals surface area contributed by atoms with Gasteiger partial charge in [-0.2, -0.15) is 0 Å². The normalized spacial score (nSPS) is 45.9. The van der Waals surface area contributed by atoms with Gasteiger partial charge in [0.25, 0.3) is 0 Å². The Bertz CT molecular complexity index is 199. The van der Waals surface area contributed by atoms with E-state index < -0.39 is 0 Å². The van der Waals surface area contributed by atoms with Crippen LogP contribution >= 0.6 is 0 Å². The van der Waals surface area contributed by atoms with Gasteiger partial charge in [0.05, 0.1) is 11.6 Å². The molecule has 0 aromatic rings. The highest BCUT2D eigenvalue weighted by Gasteiger charge is 2.54. The number of aliphatic hydroxyl groups is 1. The van der Waals surface area contributed by atoms with Crippen LogP contribution in [-0.2, 0) is 4.79 Å². The Morgan fingerprint density at radius 1 is 1.89 bits per heavy atom. The van der Waals surface area contributed by atoms with Crippen LogP contribution in [0.3, 0.4) is 0 Å². The van der Waals surface area contributed by atoms with Crippen molar-refractivity contribution in [2.45, 2.75) is 18.1 Å². The van der Waals surface area contributed by atoms with Gasteiger partial charge in [-0.1, -0.05) is 6.08 Å². The Morgan fingerprint density at radius 3 is 2.78 bits per heavy atom. The number of amides is 1. The molecule has 2 rings (SSSR count). The summed E-state index contributed by atoms with van der Waals surface area (Å²) in [7, 11) is 0. The number of carbonyl (C=O) groups is 1. The van der Waals surface area contributed by atoms with Gasteiger partial charge < -0.3 is 10.4 Å². The summed E-state index contributed by atoms with van der Waals surface area (Å²) in [5, 5.41) is 11.6. The number of nitrogens with one attached hydrogen (secondary N) is 1. The van der Waals surface area contributed by atoms with Crippen molar-refractivity contribution in [1.29, 1.82) is 0 Å². The first-order valence-electron chi connectivity index (χ1n) is 2.92. The van der Waals surface area contributed by atoms with E-state index in [1.165, 1.54) is 6.08 Å². The van der Waals surface area contributed by atoms with E-state index in [2.05, 4.69) is 5.32 Å². The van der Waals surface area contributed by atoms with Gasteiger partial charge >= 0.3 is 0 Å². The average Bonchev–Trinajstić information content (AvgIpc) is 2.17. The lowest BCUT2D eigenvalue weighted by atomic mass is 10.3. The molecule has 1 spiro atoms. The fraction of sp³-hybridized carbons (Fsp3) is 0.500. The summed E-state index contributed by atoms with van der Waals surface area (Å²) in [4.78, 5) is 10.5. The van der Waals surface area contributed by atoms with Crippen LogP contribution in [0.25, 0.3) is 0 Å². The van der Waals surface area contributed by atoms with Crippen molar-refractivity contribution in [3.8, 4) is 0 Å². The van der Waals surface area contributed by atoms with E-state index in [0.717, 1.165) is 0 Å². The van der Waals surface area contributed by atoms with Gasteiger partial charge in [-0.15, -0.1) is 0 Å². The third kappa shape index (κ3) is 0.522. The smallest absolute Gasteiger partial charge is 0.244 e. The molecular weight excluding hydrogens is 118 g/mol. The molecule has 0 radical (unpaired) electrons. The molecular formula is C6H7NO2. The van der Waals surface area contributed by atoms with Crippen molar-refractivity contribution in [3.63, 3.8) is 0 Å². The number of aliphatic hydroxyl groups excluding tert-OH is 1. The molecule has 1 fully saturated rings. The maximum absolute atomic E-state index is 10.5. The zero-order valence-corrected chi connectivity index (χ0v) is 4.79. The lowest BCUT2D eigenvalue weighted by molar-refractivity contribution is -0.116. The highest BCUT2D eigenvalue weighted by molar-refractivity contribution is 5.92. The predicted octanol–water partition coefficient (Wildman–Crippen LogP) is -0.824. The lowest BCUT2D eigenvalue weighted by Gasteiger charge is -2.02. The number of hydrogen-bond acceptors (Lipinski definition) is 2. The average molecular weight is 125 g/mol. The van der Waals surface area contributed by atoms with E-state index in [0.29, 0.717) is 6.42 Å². The maximum Gasteiger partial charge on any atom is 0.244 e. The van der Waals surface area contributed by atoms with Gasteiger partial charge in [0, 0.05) is 12.5 Å². The van der Waals surface area contributed by atoms with Crippen LogP contribution in [0.4, 0.5) is 0 Å². The van der Waals surface area contributed by atoms with Crippen LogP contribution in [0.1, 0.15) is 6.42 Å². The third-order valence-electron chi connectivity index (χ3n) is 1.85. The van der Waals surface area contributed by atoms with Crippen LogP contribution in [0.2, 0.25) is 0 Å². The number of hydrogen-bond donors (Lipinski definition) is 2. The van der Waals surface area contributed by atoms with Crippen molar-refractivity contribution in [1.82, 2.24) is 5.32 Å². The summed E-state index contributed by atoms with van der Waals surface area (Å²) in [6.45, 7) is 0. The fourth-order valence-electron chi connectivity index (χ4n) is 1.11. The Balaban J connectivity index is 2.21. The molecule has 2 unspecified atom stereocenters. The maximum atomic E-state index is 10.5. The predicted molar refractivity (Wildman–Crippen MR) is 30.6 cm³/mol. The van der Waals surface area contributed by atoms with Crippen LogP contribution in [-0.4, -0.2) is 22.7 Å². The van der Waals surface area contributed by atoms with Crippen LogP contribution in [0, 0.1) is 0 Å². The highest BCUT2D eigenvalue weighted by Crippen LogP contribution is 2.39. The van der Waals surface area contributed by atoms with Gasteiger partial charge in [0.15, 0.2) is 0 Å². The third-order valence-corrected chi connectivity index (χ3v) is 1.85. The zero-order valence-electron chi connectivity index (χ0n) is 4.79. The van der Waals surface area contributed by atoms with Gasteiger partial charge in [-0.3, -0.25) is 4.79 Å². The number of carbonyl (C=O) groups excluding carboxylic acids is 1. The molecule has 1 aliphatic carbocycles. The summed E-state index contributed by atoms with van der Waals surface area (Å²) in [5.41, 5.74) is -0.350. The highest BCUT2D eigenvalue weighted by atomic mass is 16.3. The van der Waals surface area contributed by atoms with Gasteiger partial charge in [-0.25, -0.2) is 0 Å². The lowest BCUT2D eigenvalue weighted by Crippen LogP contribution is -2.31. The fourth-order valence-corrected chi connectivity index (χ4v) is 1.11. The topological polar surface area (TPSA) is 49.3 Å². The van der Waals surface area contributed by atoms with Crippen molar-refractivity contribution >= 4 is 5.91 Å². The molecule has 1 aliphatic heterocycles. The van der Waals surface area contributed by atoms with Crippen LogP contribution in [0.5, 0.6) is 0 Å². The molecule has 0 bridgehead atoms. The molecule has 1 heterocycles. The van der Waals surface area contributed by atoms with E-state index in [1.54, 1.807) is 6.08 Å².